The van der Waals surface area contributed by atoms with Gasteiger partial charge in [0.1, 0.15) is 18.1 Å². The van der Waals surface area contributed by atoms with Gasteiger partial charge < -0.3 is 19.5 Å². The molecule has 1 heterocycles. The van der Waals surface area contributed by atoms with Crippen molar-refractivity contribution in [3.05, 3.63) is 41.5 Å². The molecule has 0 spiro atoms. The third-order valence-electron chi connectivity index (χ3n) is 5.26. The summed E-state index contributed by atoms with van der Waals surface area (Å²) in [6, 6.07) is 8.77. The second kappa shape index (κ2) is 9.57. The number of aliphatic imine (C=N–C) groups is 1. The Labute approximate surface area is 167 Å². The van der Waals surface area contributed by atoms with Gasteiger partial charge in [0.15, 0.2) is 11.8 Å². The van der Waals surface area contributed by atoms with E-state index in [4.69, 9.17) is 9.73 Å². The molecule has 0 radical (unpaired) electrons. The van der Waals surface area contributed by atoms with E-state index in [1.807, 2.05) is 37.6 Å². The highest BCUT2D eigenvalue weighted by molar-refractivity contribution is 5.80. The topological polar surface area (TPSA) is 67.6 Å². The number of rotatable bonds is 7. The van der Waals surface area contributed by atoms with Crippen LogP contribution in [0.4, 0.5) is 0 Å². The number of guanidine groups is 1. The molecule has 0 unspecified atom stereocenters. The van der Waals surface area contributed by atoms with Crippen LogP contribution < -0.4 is 10.1 Å². The summed E-state index contributed by atoms with van der Waals surface area (Å²) in [5.41, 5.74) is 1.22. The van der Waals surface area contributed by atoms with E-state index in [-0.39, 0.29) is 0 Å². The van der Waals surface area contributed by atoms with Crippen LogP contribution in [0.15, 0.2) is 29.3 Å². The number of ether oxygens (including phenoxy) is 1. The Hall–Kier alpha value is -2.57. The number of aromatic nitrogens is 3. The van der Waals surface area contributed by atoms with Gasteiger partial charge in [-0.2, -0.15) is 0 Å². The Kier molecular flexibility index (Phi) is 6.90. The van der Waals surface area contributed by atoms with Gasteiger partial charge in [0.25, 0.3) is 0 Å². The van der Waals surface area contributed by atoms with Gasteiger partial charge in [0.2, 0.25) is 0 Å². The maximum Gasteiger partial charge on any atom is 0.194 e. The first-order chi connectivity index (χ1) is 13.6. The number of benzene rings is 1. The lowest BCUT2D eigenvalue weighted by Gasteiger charge is -2.25. The van der Waals surface area contributed by atoms with Crippen LogP contribution in [0.3, 0.4) is 0 Å². The molecule has 0 aliphatic heterocycles. The summed E-state index contributed by atoms with van der Waals surface area (Å²) in [5.74, 6) is 3.60. The standard InChI is InChI=1S/C21H32N6O/c1-5-28-19-12-10-17(11-13-19)15-26(3)21(23-18-8-6-7-9-18)22-14-20-25-24-16(2)27(20)4/h10-13,18H,5-9,14-15H2,1-4H3,(H,22,23). The Morgan fingerprint density at radius 3 is 2.57 bits per heavy atom. The summed E-state index contributed by atoms with van der Waals surface area (Å²) >= 11 is 0. The van der Waals surface area contributed by atoms with Gasteiger partial charge >= 0.3 is 0 Å². The maximum absolute atomic E-state index is 5.54. The summed E-state index contributed by atoms with van der Waals surface area (Å²) in [6.45, 7) is 5.93. The van der Waals surface area contributed by atoms with Crippen molar-refractivity contribution in [2.75, 3.05) is 13.7 Å². The molecule has 152 valence electrons. The molecule has 1 aromatic heterocycles. The van der Waals surface area contributed by atoms with Crippen molar-refractivity contribution in [1.29, 1.82) is 0 Å². The number of nitrogens with zero attached hydrogens (tertiary/aromatic N) is 5. The number of aryl methyl sites for hydroxylation is 1. The Bertz CT molecular complexity index is 777. The SMILES string of the molecule is CCOc1ccc(CN(C)C(=NCc2nnc(C)n2C)NC2CCCC2)cc1. The summed E-state index contributed by atoms with van der Waals surface area (Å²) in [6.07, 6.45) is 4.99. The average molecular weight is 385 g/mol. The van der Waals surface area contributed by atoms with E-state index < -0.39 is 0 Å². The minimum Gasteiger partial charge on any atom is -0.494 e. The van der Waals surface area contributed by atoms with Gasteiger partial charge in [0.05, 0.1) is 6.61 Å². The molecule has 3 rings (SSSR count). The van der Waals surface area contributed by atoms with E-state index in [1.54, 1.807) is 0 Å². The van der Waals surface area contributed by atoms with Gasteiger partial charge in [-0.15, -0.1) is 10.2 Å². The lowest BCUT2D eigenvalue weighted by molar-refractivity contribution is 0.340. The number of hydrogen-bond acceptors (Lipinski definition) is 4. The molecule has 1 aliphatic rings. The normalized spacial score (nSPS) is 15.1. The highest BCUT2D eigenvalue weighted by atomic mass is 16.5. The lowest BCUT2D eigenvalue weighted by Crippen LogP contribution is -2.43. The molecule has 2 aromatic rings. The fraction of sp³-hybridized carbons (Fsp3) is 0.571. The van der Waals surface area contributed by atoms with Crippen LogP contribution in [0.1, 0.15) is 49.8 Å². The zero-order valence-electron chi connectivity index (χ0n) is 17.5. The number of hydrogen-bond donors (Lipinski definition) is 1. The molecule has 7 heteroatoms. The van der Waals surface area contributed by atoms with Crippen molar-refractivity contribution >= 4 is 5.96 Å². The van der Waals surface area contributed by atoms with E-state index >= 15 is 0 Å². The van der Waals surface area contributed by atoms with Crippen molar-refractivity contribution in [2.24, 2.45) is 12.0 Å². The lowest BCUT2D eigenvalue weighted by atomic mass is 10.2. The van der Waals surface area contributed by atoms with Crippen molar-refractivity contribution in [1.82, 2.24) is 25.0 Å². The van der Waals surface area contributed by atoms with Gasteiger partial charge in [-0.05, 0) is 44.4 Å². The second-order valence-corrected chi connectivity index (χ2v) is 7.42. The predicted molar refractivity (Wildman–Crippen MR) is 111 cm³/mol. The highest BCUT2D eigenvalue weighted by Gasteiger charge is 2.18. The molecular weight excluding hydrogens is 352 g/mol. The highest BCUT2D eigenvalue weighted by Crippen LogP contribution is 2.18. The maximum atomic E-state index is 5.54. The van der Waals surface area contributed by atoms with E-state index in [9.17, 15) is 0 Å². The molecule has 7 nitrogen and oxygen atoms in total. The fourth-order valence-corrected chi connectivity index (χ4v) is 3.47. The predicted octanol–water partition coefficient (Wildman–Crippen LogP) is 3.04. The summed E-state index contributed by atoms with van der Waals surface area (Å²) in [7, 11) is 4.06. The number of nitrogens with one attached hydrogen (secondary N) is 1. The Balaban J connectivity index is 1.70. The molecule has 0 saturated heterocycles. The van der Waals surface area contributed by atoms with Gasteiger partial charge in [-0.1, -0.05) is 25.0 Å². The molecule has 0 bridgehead atoms. The van der Waals surface area contributed by atoms with E-state index in [1.165, 1.54) is 31.2 Å². The smallest absolute Gasteiger partial charge is 0.194 e. The second-order valence-electron chi connectivity index (χ2n) is 7.42. The summed E-state index contributed by atoms with van der Waals surface area (Å²) in [5, 5.41) is 12.0. The molecule has 0 atom stereocenters. The summed E-state index contributed by atoms with van der Waals surface area (Å²) in [4.78, 5) is 7.04. The fourth-order valence-electron chi connectivity index (χ4n) is 3.47. The molecule has 28 heavy (non-hydrogen) atoms. The Morgan fingerprint density at radius 2 is 1.96 bits per heavy atom. The van der Waals surface area contributed by atoms with Crippen LogP contribution in [0.5, 0.6) is 5.75 Å². The van der Waals surface area contributed by atoms with Gasteiger partial charge in [0, 0.05) is 26.7 Å². The molecular formula is C21H32N6O. The van der Waals surface area contributed by atoms with Gasteiger partial charge in [-0.3, -0.25) is 0 Å². The van der Waals surface area contributed by atoms with Crippen LogP contribution in [0.2, 0.25) is 0 Å². The van der Waals surface area contributed by atoms with Crippen molar-refractivity contribution in [3.63, 3.8) is 0 Å². The van der Waals surface area contributed by atoms with Crippen LogP contribution in [-0.4, -0.2) is 45.3 Å². The average Bonchev–Trinajstić information content (AvgIpc) is 3.31. The van der Waals surface area contributed by atoms with Gasteiger partial charge in [-0.25, -0.2) is 4.99 Å². The third-order valence-corrected chi connectivity index (χ3v) is 5.26. The van der Waals surface area contributed by atoms with E-state index in [0.717, 1.165) is 29.9 Å². The third kappa shape index (κ3) is 5.24. The van der Waals surface area contributed by atoms with Crippen LogP contribution in [0.25, 0.3) is 0 Å². The first-order valence-corrected chi connectivity index (χ1v) is 10.2. The van der Waals surface area contributed by atoms with Crippen molar-refractivity contribution in [2.45, 2.75) is 58.7 Å². The molecule has 1 saturated carbocycles. The molecule has 1 aromatic carbocycles. The molecule has 1 fully saturated rings. The Morgan fingerprint density at radius 1 is 1.25 bits per heavy atom. The van der Waals surface area contributed by atoms with E-state index in [2.05, 4.69) is 39.6 Å². The quantitative estimate of drug-likeness (QED) is 0.587. The monoisotopic (exact) mass is 384 g/mol. The van der Waals surface area contributed by atoms with Crippen molar-refractivity contribution in [3.8, 4) is 5.75 Å². The zero-order chi connectivity index (χ0) is 19.9. The van der Waals surface area contributed by atoms with Crippen molar-refractivity contribution < 1.29 is 4.74 Å². The summed E-state index contributed by atoms with van der Waals surface area (Å²) < 4.78 is 7.53. The first-order valence-electron chi connectivity index (χ1n) is 10.2. The molecule has 1 N–H and O–H groups in total. The minimum absolute atomic E-state index is 0.503. The van der Waals surface area contributed by atoms with E-state index in [0.29, 0.717) is 19.2 Å². The largest absolute Gasteiger partial charge is 0.494 e. The van der Waals surface area contributed by atoms with Crippen LogP contribution in [0, 0.1) is 6.92 Å². The minimum atomic E-state index is 0.503. The van der Waals surface area contributed by atoms with Crippen LogP contribution >= 0.6 is 0 Å². The first kappa shape index (κ1) is 20.2. The molecule has 0 amide bonds. The van der Waals surface area contributed by atoms with Crippen LogP contribution in [-0.2, 0) is 20.1 Å². The molecule has 1 aliphatic carbocycles. The zero-order valence-corrected chi connectivity index (χ0v) is 17.5.